The Morgan fingerprint density at radius 3 is 2.67 bits per heavy atom. The van der Waals surface area contributed by atoms with E-state index in [4.69, 9.17) is 4.89 Å². The van der Waals surface area contributed by atoms with Gasteiger partial charge in [-0.1, -0.05) is 6.92 Å². The van der Waals surface area contributed by atoms with Crippen molar-refractivity contribution in [2.24, 2.45) is 0 Å². The van der Waals surface area contributed by atoms with Crippen molar-refractivity contribution in [1.82, 2.24) is 0 Å². The highest BCUT2D eigenvalue weighted by molar-refractivity contribution is 7.99. The van der Waals surface area contributed by atoms with Crippen LogP contribution in [0.3, 0.4) is 0 Å². The van der Waals surface area contributed by atoms with Gasteiger partial charge in [0.25, 0.3) is 0 Å². The maximum atomic E-state index is 8.18. The molecule has 1 radical (unpaired) electrons. The zero-order valence-corrected chi connectivity index (χ0v) is 5.73. The topological polar surface area (TPSA) is 20.2 Å². The first-order valence-electron chi connectivity index (χ1n) is 1.86. The van der Waals surface area contributed by atoms with Crippen molar-refractivity contribution < 1.29 is 4.89 Å². The normalized spacial score (nSPS) is 12.3. The van der Waals surface area contributed by atoms with E-state index in [1.807, 2.05) is 6.72 Å². The molecule has 0 heterocycles. The Morgan fingerprint density at radius 1 is 1.83 bits per heavy atom. The molecular weight excluding hydrogens is 113 g/mol. The first-order chi connectivity index (χ1) is 2.91. The minimum Gasteiger partial charge on any atom is -0.387 e. The van der Waals surface area contributed by atoms with Gasteiger partial charge < -0.3 is 4.89 Å². The molecule has 0 bridgehead atoms. The van der Waals surface area contributed by atoms with Crippen LogP contribution in [0.15, 0.2) is 0 Å². The summed E-state index contributed by atoms with van der Waals surface area (Å²) in [6, 6.07) is 0. The molecular formula is C2H8BOP2. The first kappa shape index (κ1) is 6.88. The van der Waals surface area contributed by atoms with Gasteiger partial charge in [0.05, 0.1) is 0 Å². The number of hydrogen-bond acceptors (Lipinski definition) is 1. The number of rotatable bonds is 3. The molecule has 2 unspecified atom stereocenters. The maximum absolute atomic E-state index is 8.18. The third-order valence-corrected chi connectivity index (χ3v) is 2.11. The average Bonchev–Trinajstić information content (AvgIpc) is 1.61. The van der Waals surface area contributed by atoms with Crippen LogP contribution in [0.1, 0.15) is 6.92 Å². The Bertz CT molecular complexity index is 23.5. The summed E-state index contributed by atoms with van der Waals surface area (Å²) >= 11 is 0. The molecule has 0 aromatic heterocycles. The lowest BCUT2D eigenvalue weighted by molar-refractivity contribution is 0.659. The zero-order chi connectivity index (χ0) is 4.83. The Balaban J connectivity index is 2.34. The first-order valence-corrected chi connectivity index (χ1v) is 4.17. The molecule has 0 amide bonds. The van der Waals surface area contributed by atoms with E-state index in [0.717, 1.165) is 8.46 Å². The quantitative estimate of drug-likeness (QED) is 0.332. The predicted octanol–water partition coefficient (Wildman–Crippen LogP) is 0.805. The molecule has 0 saturated carbocycles. The molecule has 0 aliphatic rings. The number of hydrogen-bond donors (Lipinski definition) is 1. The van der Waals surface area contributed by atoms with E-state index in [2.05, 4.69) is 6.92 Å². The van der Waals surface area contributed by atoms with Crippen LogP contribution in [0.2, 0.25) is 0 Å². The lowest BCUT2D eigenvalue weighted by Gasteiger charge is -1.84. The third-order valence-electron chi connectivity index (χ3n) is 0.371. The molecule has 1 nitrogen and oxygen atoms in total. The summed E-state index contributed by atoms with van der Waals surface area (Å²) in [6.45, 7) is 4.02. The fourth-order valence-corrected chi connectivity index (χ4v) is 1.33. The average molecular weight is 121 g/mol. The van der Waals surface area contributed by atoms with Crippen molar-refractivity contribution in [2.45, 2.75) is 6.92 Å². The van der Waals surface area contributed by atoms with Gasteiger partial charge in [-0.2, -0.15) is 8.46 Å². The summed E-state index contributed by atoms with van der Waals surface area (Å²) in [5, 5.41) is 0. The molecule has 0 aromatic carbocycles. The van der Waals surface area contributed by atoms with Crippen LogP contribution in [0.4, 0.5) is 0 Å². The van der Waals surface area contributed by atoms with Crippen molar-refractivity contribution >= 4 is 23.9 Å². The highest BCUT2D eigenvalue weighted by atomic mass is 31.1. The van der Waals surface area contributed by atoms with Gasteiger partial charge in [-0.15, -0.1) is 0 Å². The molecule has 0 aliphatic carbocycles. The van der Waals surface area contributed by atoms with Crippen LogP contribution >= 0.6 is 17.1 Å². The Hall–Kier alpha value is 0.885. The molecule has 4 heteroatoms. The van der Waals surface area contributed by atoms with Crippen molar-refractivity contribution in [2.75, 3.05) is 6.16 Å². The molecule has 6 heavy (non-hydrogen) atoms. The summed E-state index contributed by atoms with van der Waals surface area (Å²) in [5.41, 5.74) is 0. The van der Waals surface area contributed by atoms with E-state index in [1.54, 1.807) is 0 Å². The summed E-state index contributed by atoms with van der Waals surface area (Å²) in [5.74, 6) is 0. The summed E-state index contributed by atoms with van der Waals surface area (Å²) in [4.78, 5) is 8.18. The zero-order valence-electron chi connectivity index (χ0n) is 3.73. The monoisotopic (exact) mass is 121 g/mol. The fourth-order valence-electron chi connectivity index (χ4n) is 0.148. The summed E-state index contributed by atoms with van der Waals surface area (Å²) in [7, 11) is 0.904. The molecule has 0 rings (SSSR count). The molecule has 0 spiro atoms. The fraction of sp³-hybridized carbons (Fsp3) is 1.00. The second kappa shape index (κ2) is 5.88. The van der Waals surface area contributed by atoms with Crippen LogP contribution in [-0.4, -0.2) is 17.8 Å². The molecule has 2 atom stereocenters. The van der Waals surface area contributed by atoms with Crippen LogP contribution in [0.5, 0.6) is 0 Å². The van der Waals surface area contributed by atoms with Gasteiger partial charge in [0.1, 0.15) is 0 Å². The van der Waals surface area contributed by atoms with Crippen LogP contribution < -0.4 is 0 Å². The van der Waals surface area contributed by atoms with Crippen LogP contribution in [0, 0.1) is 0 Å². The van der Waals surface area contributed by atoms with Crippen molar-refractivity contribution in [3.8, 4) is 0 Å². The second-order valence-corrected chi connectivity index (χ2v) is 3.36. The van der Waals surface area contributed by atoms with E-state index in [0.29, 0.717) is 0 Å². The molecule has 35 valence electrons. The van der Waals surface area contributed by atoms with E-state index < -0.39 is 0 Å². The van der Waals surface area contributed by atoms with Crippen molar-refractivity contribution in [1.29, 1.82) is 0 Å². The lowest BCUT2D eigenvalue weighted by Crippen LogP contribution is -1.65. The van der Waals surface area contributed by atoms with Gasteiger partial charge >= 0.3 is 0 Å². The Labute approximate surface area is 42.7 Å². The molecule has 0 aliphatic heterocycles. The van der Waals surface area contributed by atoms with Gasteiger partial charge in [0.15, 0.2) is 0 Å². The van der Waals surface area contributed by atoms with Gasteiger partial charge in [0.2, 0.25) is 6.72 Å². The van der Waals surface area contributed by atoms with Gasteiger partial charge in [-0.05, 0) is 14.8 Å². The molecule has 0 fully saturated rings. The lowest BCUT2D eigenvalue weighted by atomic mass is 10.7. The van der Waals surface area contributed by atoms with Gasteiger partial charge in [-0.25, -0.2) is 0 Å². The minimum absolute atomic E-state index is 0.0519. The SMILES string of the molecule is CCP[B]PO. The Morgan fingerprint density at radius 2 is 2.50 bits per heavy atom. The predicted molar refractivity (Wildman–Crippen MR) is 35.1 cm³/mol. The van der Waals surface area contributed by atoms with E-state index >= 15 is 0 Å². The molecule has 0 aromatic rings. The van der Waals surface area contributed by atoms with E-state index in [9.17, 15) is 0 Å². The second-order valence-electron chi connectivity index (χ2n) is 0.831. The highest BCUT2D eigenvalue weighted by Gasteiger charge is 1.79. The largest absolute Gasteiger partial charge is 0.387 e. The minimum atomic E-state index is 0.0519. The van der Waals surface area contributed by atoms with Gasteiger partial charge in [0, 0.05) is 0 Å². The maximum Gasteiger partial charge on any atom is 0.209 e. The Kier molecular flexibility index (Phi) is 6.75. The van der Waals surface area contributed by atoms with Crippen molar-refractivity contribution in [3.05, 3.63) is 0 Å². The van der Waals surface area contributed by atoms with E-state index in [-0.39, 0.29) is 8.69 Å². The summed E-state index contributed by atoms with van der Waals surface area (Å²) in [6.07, 6.45) is 1.17. The summed E-state index contributed by atoms with van der Waals surface area (Å²) < 4.78 is 0. The smallest absolute Gasteiger partial charge is 0.209 e. The highest BCUT2D eigenvalue weighted by Crippen LogP contribution is 2.14. The molecule has 1 N–H and O–H groups in total. The van der Waals surface area contributed by atoms with Crippen LogP contribution in [-0.2, 0) is 0 Å². The van der Waals surface area contributed by atoms with Gasteiger partial charge in [-0.3, -0.25) is 0 Å². The van der Waals surface area contributed by atoms with Crippen LogP contribution in [0.25, 0.3) is 0 Å². The third kappa shape index (κ3) is 4.88. The van der Waals surface area contributed by atoms with Crippen molar-refractivity contribution in [3.63, 3.8) is 0 Å². The van der Waals surface area contributed by atoms with E-state index in [1.165, 1.54) is 6.16 Å². The molecule has 0 saturated heterocycles. The standard InChI is InChI=1S/C2H8BOP2/c1-2-5-3-6-4/h4-6H,2H2,1H3.